The fraction of sp³-hybridized carbons (Fsp3) is 1.00. The molecule has 12 heavy (non-hydrogen) atoms. The predicted octanol–water partition coefficient (Wildman–Crippen LogP) is 2.23. The van der Waals surface area contributed by atoms with Gasteiger partial charge in [0, 0.05) is 19.1 Å². The molecule has 0 aliphatic carbocycles. The summed E-state index contributed by atoms with van der Waals surface area (Å²) in [4.78, 5) is 2.68. The van der Waals surface area contributed by atoms with Gasteiger partial charge in [0.2, 0.25) is 0 Å². The number of nitrogens with zero attached hydrogens (tertiary/aromatic N) is 1. The molecular weight excluding hydrogens is 146 g/mol. The quantitative estimate of drug-likeness (QED) is 0.609. The van der Waals surface area contributed by atoms with Crippen molar-refractivity contribution < 1.29 is 0 Å². The van der Waals surface area contributed by atoms with Crippen LogP contribution in [0.1, 0.15) is 27.7 Å². The summed E-state index contributed by atoms with van der Waals surface area (Å²) in [7, 11) is 0. The lowest BCUT2D eigenvalue weighted by atomic mass is 9.80. The average Bonchev–Trinajstić information content (AvgIpc) is 2.34. The first kappa shape index (κ1) is 8.55. The molecule has 3 rings (SSSR count). The lowest BCUT2D eigenvalue weighted by Gasteiger charge is -2.31. The lowest BCUT2D eigenvalue weighted by molar-refractivity contribution is 0.151. The van der Waals surface area contributed by atoms with Gasteiger partial charge in [-0.1, -0.05) is 27.7 Å². The molecule has 2 bridgehead atoms. The Hall–Kier alpha value is -0.0400. The largest absolute Gasteiger partial charge is 0.299 e. The van der Waals surface area contributed by atoms with Crippen molar-refractivity contribution in [3.8, 4) is 0 Å². The Labute approximate surface area is 76.1 Å². The second kappa shape index (κ2) is 2.73. The first-order valence-corrected chi connectivity index (χ1v) is 5.35. The summed E-state index contributed by atoms with van der Waals surface area (Å²) in [5.41, 5.74) is 0. The van der Waals surface area contributed by atoms with Crippen molar-refractivity contribution >= 4 is 0 Å². The van der Waals surface area contributed by atoms with Crippen LogP contribution in [0, 0.1) is 23.7 Å². The fourth-order valence-electron chi connectivity index (χ4n) is 3.36. The zero-order valence-electron chi connectivity index (χ0n) is 8.75. The molecular formula is C11H21N. The van der Waals surface area contributed by atoms with E-state index in [1.165, 1.54) is 13.1 Å². The molecule has 3 aliphatic heterocycles. The summed E-state index contributed by atoms with van der Waals surface area (Å²) in [5, 5.41) is 0. The summed E-state index contributed by atoms with van der Waals surface area (Å²) in [5.74, 6) is 3.77. The molecule has 70 valence electrons. The maximum Gasteiger partial charge on any atom is 0.0153 e. The van der Waals surface area contributed by atoms with Gasteiger partial charge in [0.1, 0.15) is 0 Å². The van der Waals surface area contributed by atoms with E-state index in [4.69, 9.17) is 0 Å². The van der Waals surface area contributed by atoms with Gasteiger partial charge in [0.25, 0.3) is 0 Å². The highest BCUT2D eigenvalue weighted by Crippen LogP contribution is 2.46. The van der Waals surface area contributed by atoms with Gasteiger partial charge in [-0.15, -0.1) is 0 Å². The summed E-state index contributed by atoms with van der Waals surface area (Å²) in [6, 6.07) is 0.898. The van der Waals surface area contributed by atoms with E-state index >= 15 is 0 Å². The van der Waals surface area contributed by atoms with Crippen molar-refractivity contribution in [3.05, 3.63) is 0 Å². The molecule has 0 aromatic rings. The van der Waals surface area contributed by atoms with Gasteiger partial charge < -0.3 is 0 Å². The van der Waals surface area contributed by atoms with Gasteiger partial charge in [-0.25, -0.2) is 0 Å². The van der Waals surface area contributed by atoms with Crippen molar-refractivity contribution in [2.45, 2.75) is 33.7 Å². The summed E-state index contributed by atoms with van der Waals surface area (Å²) >= 11 is 0. The topological polar surface area (TPSA) is 3.24 Å². The highest BCUT2D eigenvalue weighted by atomic mass is 15.3. The fourth-order valence-corrected chi connectivity index (χ4v) is 3.36. The molecule has 3 aliphatic rings. The minimum Gasteiger partial charge on any atom is -0.299 e. The normalized spacial score (nSPS) is 45.5. The zero-order valence-corrected chi connectivity index (χ0v) is 8.75. The van der Waals surface area contributed by atoms with Crippen molar-refractivity contribution in [2.24, 2.45) is 23.7 Å². The minimum atomic E-state index is 0.852. The SMILES string of the molecule is CC(C)[C@H]1C2CN(C2)[C@H]1C(C)C. The Morgan fingerprint density at radius 3 is 1.92 bits per heavy atom. The highest BCUT2D eigenvalue weighted by Gasteiger charge is 2.51. The number of rotatable bonds is 2. The van der Waals surface area contributed by atoms with Crippen molar-refractivity contribution in [1.82, 2.24) is 4.90 Å². The van der Waals surface area contributed by atoms with Crippen molar-refractivity contribution in [1.29, 1.82) is 0 Å². The lowest BCUT2D eigenvalue weighted by Crippen LogP contribution is -2.41. The zero-order chi connectivity index (χ0) is 8.88. The second-order valence-electron chi connectivity index (χ2n) is 5.27. The third kappa shape index (κ3) is 1.02. The Morgan fingerprint density at radius 1 is 1.00 bits per heavy atom. The van der Waals surface area contributed by atoms with Crippen LogP contribution in [0.5, 0.6) is 0 Å². The van der Waals surface area contributed by atoms with E-state index < -0.39 is 0 Å². The summed E-state index contributed by atoms with van der Waals surface area (Å²) < 4.78 is 0. The first-order valence-electron chi connectivity index (χ1n) is 5.35. The van der Waals surface area contributed by atoms with Gasteiger partial charge in [-0.05, 0) is 23.7 Å². The maximum absolute atomic E-state index is 2.68. The molecule has 0 spiro atoms. The molecule has 0 aromatic heterocycles. The molecule has 1 nitrogen and oxygen atoms in total. The molecule has 3 heterocycles. The van der Waals surface area contributed by atoms with Crippen LogP contribution in [-0.2, 0) is 0 Å². The summed E-state index contributed by atoms with van der Waals surface area (Å²) in [6.45, 7) is 12.3. The Kier molecular flexibility index (Phi) is 1.95. The van der Waals surface area contributed by atoms with E-state index in [2.05, 4.69) is 32.6 Å². The van der Waals surface area contributed by atoms with Crippen molar-refractivity contribution in [2.75, 3.05) is 13.1 Å². The molecule has 3 fully saturated rings. The van der Waals surface area contributed by atoms with Gasteiger partial charge in [-0.2, -0.15) is 0 Å². The van der Waals surface area contributed by atoms with E-state index in [1.54, 1.807) is 0 Å². The third-order valence-electron chi connectivity index (χ3n) is 3.75. The molecule has 2 atom stereocenters. The molecule has 0 saturated carbocycles. The standard InChI is InChI=1S/C11H21N/c1-7(2)10-9-5-12(6-9)11(10)8(3)4/h7-11H,5-6H2,1-4H3/t10-,11-/m0/s1. The highest BCUT2D eigenvalue weighted by molar-refractivity contribution is 5.04. The number of hydrogen-bond acceptors (Lipinski definition) is 1. The smallest absolute Gasteiger partial charge is 0.0153 e. The third-order valence-corrected chi connectivity index (χ3v) is 3.75. The van der Waals surface area contributed by atoms with Crippen LogP contribution in [0.3, 0.4) is 0 Å². The molecule has 1 heteroatoms. The molecule has 0 amide bonds. The van der Waals surface area contributed by atoms with Crippen LogP contribution in [0.4, 0.5) is 0 Å². The van der Waals surface area contributed by atoms with Crippen LogP contribution in [0.25, 0.3) is 0 Å². The van der Waals surface area contributed by atoms with Crippen LogP contribution in [-0.4, -0.2) is 24.0 Å². The second-order valence-corrected chi connectivity index (χ2v) is 5.27. The van der Waals surface area contributed by atoms with Crippen LogP contribution < -0.4 is 0 Å². The Bertz CT molecular complexity index is 150. The minimum absolute atomic E-state index is 0.852. The van der Waals surface area contributed by atoms with Crippen LogP contribution in [0.2, 0.25) is 0 Å². The molecule has 0 aromatic carbocycles. The van der Waals surface area contributed by atoms with E-state index in [0.717, 1.165) is 29.7 Å². The van der Waals surface area contributed by atoms with E-state index in [1.807, 2.05) is 0 Å². The molecule has 0 radical (unpaired) electrons. The average molecular weight is 167 g/mol. The van der Waals surface area contributed by atoms with Gasteiger partial charge in [0.15, 0.2) is 0 Å². The number of fused-ring (bicyclic) bond motifs is 1. The molecule has 0 unspecified atom stereocenters. The Balaban J connectivity index is 2.11. The van der Waals surface area contributed by atoms with Gasteiger partial charge in [0.05, 0.1) is 0 Å². The maximum atomic E-state index is 2.68. The molecule has 3 saturated heterocycles. The number of hydrogen-bond donors (Lipinski definition) is 0. The van der Waals surface area contributed by atoms with Gasteiger partial charge in [-0.3, -0.25) is 4.90 Å². The van der Waals surface area contributed by atoms with E-state index in [9.17, 15) is 0 Å². The first-order chi connectivity index (χ1) is 5.61. The van der Waals surface area contributed by atoms with E-state index in [0.29, 0.717) is 0 Å². The van der Waals surface area contributed by atoms with Gasteiger partial charge >= 0.3 is 0 Å². The predicted molar refractivity (Wildman–Crippen MR) is 52.0 cm³/mol. The van der Waals surface area contributed by atoms with Crippen LogP contribution in [0.15, 0.2) is 0 Å². The monoisotopic (exact) mass is 167 g/mol. The van der Waals surface area contributed by atoms with Crippen LogP contribution >= 0.6 is 0 Å². The summed E-state index contributed by atoms with van der Waals surface area (Å²) in [6.07, 6.45) is 0. The Morgan fingerprint density at radius 2 is 1.58 bits per heavy atom. The molecule has 0 N–H and O–H groups in total. The van der Waals surface area contributed by atoms with Crippen molar-refractivity contribution in [3.63, 3.8) is 0 Å². The van der Waals surface area contributed by atoms with E-state index in [-0.39, 0.29) is 0 Å².